The third kappa shape index (κ3) is 2.21. The van der Waals surface area contributed by atoms with Crippen LogP contribution in [0.2, 0.25) is 0 Å². The number of rotatable bonds is 3. The van der Waals surface area contributed by atoms with Crippen molar-refractivity contribution < 1.29 is 5.21 Å². The molecule has 2 aromatic heterocycles. The topological polar surface area (TPSA) is 76.4 Å². The van der Waals surface area contributed by atoms with Crippen LogP contribution in [0.15, 0.2) is 60.0 Å². The molecule has 0 saturated carbocycles. The van der Waals surface area contributed by atoms with E-state index in [1.165, 1.54) is 0 Å². The number of amidine groups is 1. The smallest absolute Gasteiger partial charge is 0.170 e. The Morgan fingerprint density at radius 3 is 2.90 bits per heavy atom. The number of benzene rings is 1. The zero-order valence-electron chi connectivity index (χ0n) is 10.8. The molecule has 0 aliphatic carbocycles. The van der Waals surface area contributed by atoms with E-state index < -0.39 is 0 Å². The lowest BCUT2D eigenvalue weighted by Gasteiger charge is -2.05. The molecule has 0 aliphatic rings. The first-order valence-electron chi connectivity index (χ1n) is 6.24. The fourth-order valence-corrected chi connectivity index (χ4v) is 2.22. The van der Waals surface area contributed by atoms with Gasteiger partial charge in [-0.3, -0.25) is 4.98 Å². The summed E-state index contributed by atoms with van der Waals surface area (Å²) in [7, 11) is 0. The third-order valence-corrected chi connectivity index (χ3v) is 3.23. The van der Waals surface area contributed by atoms with Crippen LogP contribution in [0.4, 0.5) is 0 Å². The van der Waals surface area contributed by atoms with Crippen LogP contribution in [0.25, 0.3) is 10.9 Å². The van der Waals surface area contributed by atoms with Gasteiger partial charge in [0.15, 0.2) is 5.84 Å². The highest BCUT2D eigenvalue weighted by molar-refractivity contribution is 6.00. The van der Waals surface area contributed by atoms with Crippen LogP contribution >= 0.6 is 0 Å². The maximum Gasteiger partial charge on any atom is 0.170 e. The number of hydrogen-bond donors (Lipinski definition) is 2. The van der Waals surface area contributed by atoms with E-state index in [-0.39, 0.29) is 5.84 Å². The van der Waals surface area contributed by atoms with Crippen molar-refractivity contribution in [3.05, 3.63) is 66.1 Å². The Kier molecular flexibility index (Phi) is 3.09. The van der Waals surface area contributed by atoms with Gasteiger partial charge in [-0.2, -0.15) is 0 Å². The molecule has 0 aliphatic heterocycles. The van der Waals surface area contributed by atoms with E-state index in [9.17, 15) is 0 Å². The minimum Gasteiger partial charge on any atom is -0.409 e. The Labute approximate surface area is 116 Å². The monoisotopic (exact) mass is 266 g/mol. The number of pyridine rings is 1. The number of hydrogen-bond acceptors (Lipinski definition) is 3. The van der Waals surface area contributed by atoms with Gasteiger partial charge in [0, 0.05) is 28.9 Å². The molecule has 0 radical (unpaired) electrons. The fourth-order valence-electron chi connectivity index (χ4n) is 2.22. The van der Waals surface area contributed by atoms with Crippen molar-refractivity contribution in [2.24, 2.45) is 10.9 Å². The summed E-state index contributed by atoms with van der Waals surface area (Å²) in [5.41, 5.74) is 8.40. The molecule has 0 atom stereocenters. The van der Waals surface area contributed by atoms with Gasteiger partial charge in [-0.05, 0) is 36.4 Å². The molecule has 1 aromatic carbocycles. The van der Waals surface area contributed by atoms with E-state index >= 15 is 0 Å². The highest BCUT2D eigenvalue weighted by Gasteiger charge is 2.05. The predicted octanol–water partition coefficient (Wildman–Crippen LogP) is 2.18. The standard InChI is InChI=1S/C15H14N4O/c16-15(18-20)12-4-5-14-11(9-12)6-8-19(14)10-13-3-1-2-7-17-13/h1-9,20H,10H2,(H2,16,18). The molecule has 2 heterocycles. The maximum atomic E-state index is 8.71. The van der Waals surface area contributed by atoms with Crippen molar-refractivity contribution in [1.29, 1.82) is 0 Å². The highest BCUT2D eigenvalue weighted by Crippen LogP contribution is 2.18. The Hall–Kier alpha value is -2.82. The molecule has 0 amide bonds. The zero-order chi connectivity index (χ0) is 13.9. The molecule has 0 bridgehead atoms. The molecule has 5 heteroatoms. The first-order valence-corrected chi connectivity index (χ1v) is 6.24. The SMILES string of the molecule is N/C(=N/O)c1ccc2c(ccn2Cc2ccccn2)c1. The van der Waals surface area contributed by atoms with Crippen LogP contribution in [0.3, 0.4) is 0 Å². The highest BCUT2D eigenvalue weighted by atomic mass is 16.4. The second kappa shape index (κ2) is 5.05. The summed E-state index contributed by atoms with van der Waals surface area (Å²) in [6.07, 6.45) is 3.80. The molecule has 3 aromatic rings. The van der Waals surface area contributed by atoms with Gasteiger partial charge in [0.2, 0.25) is 0 Å². The van der Waals surface area contributed by atoms with Crippen molar-refractivity contribution in [2.45, 2.75) is 6.54 Å². The van der Waals surface area contributed by atoms with Crippen molar-refractivity contribution in [3.8, 4) is 0 Å². The van der Waals surface area contributed by atoms with E-state index in [2.05, 4.69) is 14.7 Å². The lowest BCUT2D eigenvalue weighted by atomic mass is 10.1. The second-order valence-corrected chi connectivity index (χ2v) is 4.52. The summed E-state index contributed by atoms with van der Waals surface area (Å²) in [4.78, 5) is 4.33. The molecule has 0 fully saturated rings. The number of nitrogens with zero attached hydrogens (tertiary/aromatic N) is 3. The Bertz CT molecular complexity index is 762. The molecule has 3 rings (SSSR count). The number of aromatic nitrogens is 2. The molecule has 0 unspecified atom stereocenters. The van der Waals surface area contributed by atoms with Gasteiger partial charge >= 0.3 is 0 Å². The summed E-state index contributed by atoms with van der Waals surface area (Å²) < 4.78 is 2.12. The minimum atomic E-state index is 0.115. The van der Waals surface area contributed by atoms with Crippen molar-refractivity contribution >= 4 is 16.7 Å². The van der Waals surface area contributed by atoms with E-state index in [1.807, 2.05) is 48.7 Å². The fraction of sp³-hybridized carbons (Fsp3) is 0.0667. The molecular formula is C15H14N4O. The second-order valence-electron chi connectivity index (χ2n) is 4.52. The van der Waals surface area contributed by atoms with Gasteiger partial charge in [0.05, 0.1) is 12.2 Å². The third-order valence-electron chi connectivity index (χ3n) is 3.23. The van der Waals surface area contributed by atoms with Gasteiger partial charge in [-0.25, -0.2) is 0 Å². The Balaban J connectivity index is 1.98. The molecule has 0 saturated heterocycles. The minimum absolute atomic E-state index is 0.115. The van der Waals surface area contributed by atoms with Crippen LogP contribution in [0.1, 0.15) is 11.3 Å². The summed E-state index contributed by atoms with van der Waals surface area (Å²) in [5.74, 6) is 0.115. The van der Waals surface area contributed by atoms with Crippen LogP contribution in [-0.2, 0) is 6.54 Å². The predicted molar refractivity (Wildman–Crippen MR) is 77.8 cm³/mol. The average molecular weight is 266 g/mol. The molecular weight excluding hydrogens is 252 g/mol. The number of oxime groups is 1. The summed E-state index contributed by atoms with van der Waals surface area (Å²) >= 11 is 0. The van der Waals surface area contributed by atoms with E-state index in [0.717, 1.165) is 16.6 Å². The van der Waals surface area contributed by atoms with Crippen molar-refractivity contribution in [3.63, 3.8) is 0 Å². The number of fused-ring (bicyclic) bond motifs is 1. The van der Waals surface area contributed by atoms with Crippen molar-refractivity contribution in [2.75, 3.05) is 0 Å². The zero-order valence-corrected chi connectivity index (χ0v) is 10.8. The van der Waals surface area contributed by atoms with E-state index in [4.69, 9.17) is 10.9 Å². The molecule has 20 heavy (non-hydrogen) atoms. The van der Waals surface area contributed by atoms with Gasteiger partial charge in [0.1, 0.15) is 0 Å². The number of nitrogens with two attached hydrogens (primary N) is 1. The average Bonchev–Trinajstić information content (AvgIpc) is 2.90. The summed E-state index contributed by atoms with van der Waals surface area (Å²) in [6.45, 7) is 0.716. The largest absolute Gasteiger partial charge is 0.409 e. The van der Waals surface area contributed by atoms with Crippen LogP contribution in [-0.4, -0.2) is 20.6 Å². The molecule has 3 N–H and O–H groups in total. The van der Waals surface area contributed by atoms with E-state index in [0.29, 0.717) is 12.1 Å². The van der Waals surface area contributed by atoms with Gasteiger partial charge in [0.25, 0.3) is 0 Å². The summed E-state index contributed by atoms with van der Waals surface area (Å²) in [5, 5.41) is 12.8. The molecule has 5 nitrogen and oxygen atoms in total. The maximum absolute atomic E-state index is 8.71. The summed E-state index contributed by atoms with van der Waals surface area (Å²) in [6, 6.07) is 13.6. The first kappa shape index (κ1) is 12.2. The van der Waals surface area contributed by atoms with Gasteiger partial charge < -0.3 is 15.5 Å². The lowest BCUT2D eigenvalue weighted by molar-refractivity contribution is 0.318. The molecule has 0 spiro atoms. The first-order chi connectivity index (χ1) is 9.78. The van der Waals surface area contributed by atoms with Crippen molar-refractivity contribution in [1.82, 2.24) is 9.55 Å². The molecule has 100 valence electrons. The van der Waals surface area contributed by atoms with Crippen LogP contribution in [0, 0.1) is 0 Å². The van der Waals surface area contributed by atoms with E-state index in [1.54, 1.807) is 6.20 Å². The van der Waals surface area contributed by atoms with Gasteiger partial charge in [-0.15, -0.1) is 0 Å². The lowest BCUT2D eigenvalue weighted by Crippen LogP contribution is -2.12. The van der Waals surface area contributed by atoms with Gasteiger partial charge in [-0.1, -0.05) is 11.2 Å². The normalized spacial score (nSPS) is 11.9. The van der Waals surface area contributed by atoms with Crippen LogP contribution < -0.4 is 5.73 Å². The Morgan fingerprint density at radius 1 is 1.25 bits per heavy atom. The quantitative estimate of drug-likeness (QED) is 0.330. The Morgan fingerprint density at radius 2 is 2.15 bits per heavy atom. The van der Waals surface area contributed by atoms with Crippen LogP contribution in [0.5, 0.6) is 0 Å².